The Balaban J connectivity index is 3.73. The van der Waals surface area contributed by atoms with Crippen LogP contribution in [-0.2, 0) is 9.53 Å². The molecule has 2 atom stereocenters. The van der Waals surface area contributed by atoms with E-state index in [-0.39, 0.29) is 12.1 Å². The number of esters is 1. The summed E-state index contributed by atoms with van der Waals surface area (Å²) in [6.07, 6.45) is 5.27. The molecule has 96 valence electrons. The van der Waals surface area contributed by atoms with Gasteiger partial charge < -0.3 is 10.5 Å². The molecule has 3 heteroatoms. The van der Waals surface area contributed by atoms with Gasteiger partial charge in [0.25, 0.3) is 0 Å². The van der Waals surface area contributed by atoms with Crippen molar-refractivity contribution in [1.82, 2.24) is 0 Å². The first-order valence-electron chi connectivity index (χ1n) is 6.45. The van der Waals surface area contributed by atoms with E-state index >= 15 is 0 Å². The molecule has 0 aliphatic rings. The van der Waals surface area contributed by atoms with Crippen molar-refractivity contribution < 1.29 is 9.53 Å². The van der Waals surface area contributed by atoms with Crippen molar-refractivity contribution in [2.75, 3.05) is 0 Å². The molecule has 2 N–H and O–H groups in total. The highest BCUT2D eigenvalue weighted by molar-refractivity contribution is 5.75. The monoisotopic (exact) mass is 229 g/mol. The quantitative estimate of drug-likeness (QED) is 0.514. The van der Waals surface area contributed by atoms with Crippen molar-refractivity contribution in [3.63, 3.8) is 0 Å². The smallest absolute Gasteiger partial charge is 0.323 e. The maximum Gasteiger partial charge on any atom is 0.323 e. The molecule has 0 rings (SSSR count). The van der Waals surface area contributed by atoms with Crippen molar-refractivity contribution in [1.29, 1.82) is 0 Å². The molecule has 0 radical (unpaired) electrons. The van der Waals surface area contributed by atoms with E-state index < -0.39 is 6.04 Å². The lowest BCUT2D eigenvalue weighted by Crippen LogP contribution is -2.35. The van der Waals surface area contributed by atoms with E-state index in [2.05, 4.69) is 6.92 Å². The fourth-order valence-corrected chi connectivity index (χ4v) is 1.32. The summed E-state index contributed by atoms with van der Waals surface area (Å²) in [4.78, 5) is 11.6. The molecule has 0 bridgehead atoms. The SMILES string of the molecule is CCCCCC[C@@H](N)C(=O)O[C@@H](C)C(C)C. The maximum atomic E-state index is 11.6. The molecule has 0 aliphatic heterocycles. The second-order valence-electron chi connectivity index (χ2n) is 4.84. The molecule has 16 heavy (non-hydrogen) atoms. The van der Waals surface area contributed by atoms with E-state index in [1.807, 2.05) is 20.8 Å². The molecule has 0 saturated carbocycles. The Hall–Kier alpha value is -0.570. The van der Waals surface area contributed by atoms with E-state index in [1.165, 1.54) is 12.8 Å². The minimum absolute atomic E-state index is 0.0470. The van der Waals surface area contributed by atoms with Gasteiger partial charge in [0, 0.05) is 0 Å². The molecular weight excluding hydrogens is 202 g/mol. The first-order chi connectivity index (χ1) is 7.49. The first-order valence-corrected chi connectivity index (χ1v) is 6.45. The highest BCUT2D eigenvalue weighted by atomic mass is 16.5. The minimum Gasteiger partial charge on any atom is -0.461 e. The number of carbonyl (C=O) groups excluding carboxylic acids is 1. The van der Waals surface area contributed by atoms with Crippen LogP contribution in [0.2, 0.25) is 0 Å². The van der Waals surface area contributed by atoms with Gasteiger partial charge in [-0.3, -0.25) is 4.79 Å². The van der Waals surface area contributed by atoms with Gasteiger partial charge in [0.2, 0.25) is 0 Å². The number of ether oxygens (including phenoxy) is 1. The number of hydrogen-bond donors (Lipinski definition) is 1. The lowest BCUT2D eigenvalue weighted by molar-refractivity contribution is -0.152. The second kappa shape index (κ2) is 8.57. The molecule has 0 amide bonds. The normalized spacial score (nSPS) is 14.9. The molecule has 3 nitrogen and oxygen atoms in total. The topological polar surface area (TPSA) is 52.3 Å². The third kappa shape index (κ3) is 6.83. The highest BCUT2D eigenvalue weighted by Crippen LogP contribution is 2.09. The molecule has 0 unspecified atom stereocenters. The van der Waals surface area contributed by atoms with Gasteiger partial charge in [-0.1, -0.05) is 46.5 Å². The van der Waals surface area contributed by atoms with Gasteiger partial charge in [-0.25, -0.2) is 0 Å². The van der Waals surface area contributed by atoms with Crippen LogP contribution in [0.5, 0.6) is 0 Å². The lowest BCUT2D eigenvalue weighted by Gasteiger charge is -2.19. The number of hydrogen-bond acceptors (Lipinski definition) is 3. The van der Waals surface area contributed by atoms with Crippen LogP contribution < -0.4 is 5.73 Å². The van der Waals surface area contributed by atoms with Crippen molar-refractivity contribution >= 4 is 5.97 Å². The van der Waals surface area contributed by atoms with Gasteiger partial charge in [0.05, 0.1) is 0 Å². The summed E-state index contributed by atoms with van der Waals surface area (Å²) < 4.78 is 5.27. The molecule has 0 aromatic carbocycles. The lowest BCUT2D eigenvalue weighted by atomic mass is 10.1. The predicted octanol–water partition coefficient (Wildman–Crippen LogP) is 2.87. The predicted molar refractivity (Wildman–Crippen MR) is 67.1 cm³/mol. The van der Waals surface area contributed by atoms with Gasteiger partial charge in [-0.2, -0.15) is 0 Å². The Bertz CT molecular complexity index is 192. The zero-order chi connectivity index (χ0) is 12.6. The third-order valence-electron chi connectivity index (χ3n) is 2.91. The summed E-state index contributed by atoms with van der Waals surface area (Å²) in [6, 6.07) is -0.446. The summed E-state index contributed by atoms with van der Waals surface area (Å²) in [6.45, 7) is 8.14. The molecule has 0 spiro atoms. The minimum atomic E-state index is -0.446. The average Bonchev–Trinajstić information content (AvgIpc) is 2.23. The van der Waals surface area contributed by atoms with Gasteiger partial charge >= 0.3 is 5.97 Å². The van der Waals surface area contributed by atoms with Crippen molar-refractivity contribution in [3.05, 3.63) is 0 Å². The standard InChI is InChI=1S/C13H27NO2/c1-5-6-7-8-9-12(14)13(15)16-11(4)10(2)3/h10-12H,5-9,14H2,1-4H3/t11-,12+/m0/s1. The molecule has 0 aromatic heterocycles. The Morgan fingerprint density at radius 3 is 2.31 bits per heavy atom. The molecule has 0 aliphatic carbocycles. The molecule has 0 fully saturated rings. The van der Waals surface area contributed by atoms with Crippen LogP contribution in [0.1, 0.15) is 59.8 Å². The van der Waals surface area contributed by atoms with Crippen molar-refractivity contribution in [2.45, 2.75) is 71.9 Å². The number of unbranched alkanes of at least 4 members (excludes halogenated alkanes) is 3. The van der Waals surface area contributed by atoms with Gasteiger partial charge in [0.15, 0.2) is 0 Å². The summed E-state index contributed by atoms with van der Waals surface area (Å²) in [5.74, 6) is 0.0916. The van der Waals surface area contributed by atoms with Crippen molar-refractivity contribution in [3.8, 4) is 0 Å². The van der Waals surface area contributed by atoms with E-state index in [0.717, 1.165) is 19.3 Å². The molecular formula is C13H27NO2. The fourth-order valence-electron chi connectivity index (χ4n) is 1.32. The second-order valence-corrected chi connectivity index (χ2v) is 4.84. The van der Waals surface area contributed by atoms with Crippen LogP contribution in [0.25, 0.3) is 0 Å². The van der Waals surface area contributed by atoms with Crippen LogP contribution in [0.3, 0.4) is 0 Å². The van der Waals surface area contributed by atoms with E-state index in [0.29, 0.717) is 5.92 Å². The van der Waals surface area contributed by atoms with E-state index in [1.54, 1.807) is 0 Å². The van der Waals surface area contributed by atoms with E-state index in [4.69, 9.17) is 10.5 Å². The molecule has 0 heterocycles. The maximum absolute atomic E-state index is 11.6. The molecule has 0 aromatic rings. The Labute approximate surface area is 99.7 Å². The fraction of sp³-hybridized carbons (Fsp3) is 0.923. The van der Waals surface area contributed by atoms with Crippen LogP contribution >= 0.6 is 0 Å². The molecule has 0 saturated heterocycles. The van der Waals surface area contributed by atoms with Crippen LogP contribution in [0.15, 0.2) is 0 Å². The van der Waals surface area contributed by atoms with Gasteiger partial charge in [-0.05, 0) is 19.3 Å². The van der Waals surface area contributed by atoms with Crippen LogP contribution in [-0.4, -0.2) is 18.1 Å². The van der Waals surface area contributed by atoms with Crippen LogP contribution in [0, 0.1) is 5.92 Å². The number of nitrogens with two attached hydrogens (primary N) is 1. The van der Waals surface area contributed by atoms with E-state index in [9.17, 15) is 4.79 Å². The zero-order valence-corrected chi connectivity index (χ0v) is 11.2. The zero-order valence-electron chi connectivity index (χ0n) is 11.2. The van der Waals surface area contributed by atoms with Gasteiger partial charge in [-0.15, -0.1) is 0 Å². The third-order valence-corrected chi connectivity index (χ3v) is 2.91. The Morgan fingerprint density at radius 1 is 1.19 bits per heavy atom. The largest absolute Gasteiger partial charge is 0.461 e. The Kier molecular flexibility index (Phi) is 8.26. The summed E-state index contributed by atoms with van der Waals surface area (Å²) in [5, 5.41) is 0. The van der Waals surface area contributed by atoms with Crippen molar-refractivity contribution in [2.24, 2.45) is 11.7 Å². The number of rotatable bonds is 8. The van der Waals surface area contributed by atoms with Gasteiger partial charge in [0.1, 0.15) is 12.1 Å². The first kappa shape index (κ1) is 15.4. The average molecular weight is 229 g/mol. The number of carbonyl (C=O) groups is 1. The van der Waals surface area contributed by atoms with Crippen LogP contribution in [0.4, 0.5) is 0 Å². The summed E-state index contributed by atoms with van der Waals surface area (Å²) >= 11 is 0. The summed E-state index contributed by atoms with van der Waals surface area (Å²) in [7, 11) is 0. The Morgan fingerprint density at radius 2 is 1.81 bits per heavy atom. The highest BCUT2D eigenvalue weighted by Gasteiger charge is 2.18. The summed E-state index contributed by atoms with van der Waals surface area (Å²) in [5.41, 5.74) is 5.77.